The molecule has 0 atom stereocenters. The topological polar surface area (TPSA) is 39.2 Å². The van der Waals surface area contributed by atoms with Gasteiger partial charge in [0, 0.05) is 12.1 Å². The van der Waals surface area contributed by atoms with Gasteiger partial charge in [0.2, 0.25) is 0 Å². The molecule has 0 aliphatic heterocycles. The van der Waals surface area contributed by atoms with Gasteiger partial charge in [0.15, 0.2) is 4.77 Å². The van der Waals surface area contributed by atoms with Crippen molar-refractivity contribution in [2.75, 3.05) is 13.7 Å². The monoisotopic (exact) mass is 300 g/mol. The highest BCUT2D eigenvalue weighted by Gasteiger charge is 2.08. The second kappa shape index (κ2) is 5.61. The van der Waals surface area contributed by atoms with E-state index in [-0.39, 0.29) is 0 Å². The second-order valence-corrected chi connectivity index (χ2v) is 4.97. The third-order valence-electron chi connectivity index (χ3n) is 3.28. The van der Waals surface area contributed by atoms with Crippen LogP contribution in [0, 0.1) is 4.77 Å². The van der Waals surface area contributed by atoms with Crippen molar-refractivity contribution in [2.45, 2.75) is 6.92 Å². The summed E-state index contributed by atoms with van der Waals surface area (Å²) < 4.78 is 13.4. The van der Waals surface area contributed by atoms with Gasteiger partial charge in [-0.15, -0.1) is 0 Å². The molecule has 4 nitrogen and oxygen atoms in total. The largest absolute Gasteiger partial charge is 0.497 e. The molecule has 0 radical (unpaired) electrons. The molecule has 0 unspecified atom stereocenters. The molecule has 2 aromatic carbocycles. The van der Waals surface area contributed by atoms with Crippen molar-refractivity contribution in [2.24, 2.45) is 0 Å². The van der Waals surface area contributed by atoms with Gasteiger partial charge < -0.3 is 14.5 Å². The van der Waals surface area contributed by atoms with Crippen LogP contribution in [0.2, 0.25) is 0 Å². The van der Waals surface area contributed by atoms with Gasteiger partial charge in [-0.1, -0.05) is 6.07 Å². The molecular formula is C16H16N2O2S. The van der Waals surface area contributed by atoms with Crippen molar-refractivity contribution in [3.05, 3.63) is 47.2 Å². The molecule has 108 valence electrons. The van der Waals surface area contributed by atoms with Crippen LogP contribution in [0.5, 0.6) is 11.5 Å². The molecule has 0 fully saturated rings. The minimum absolute atomic E-state index is 0.639. The fourth-order valence-electron chi connectivity index (χ4n) is 2.35. The van der Waals surface area contributed by atoms with Crippen LogP contribution in [0.15, 0.2) is 42.5 Å². The molecule has 0 saturated heterocycles. The second-order valence-electron chi connectivity index (χ2n) is 4.58. The van der Waals surface area contributed by atoms with Crippen LogP contribution < -0.4 is 9.47 Å². The lowest BCUT2D eigenvalue weighted by molar-refractivity contribution is 0.340. The summed E-state index contributed by atoms with van der Waals surface area (Å²) in [6.45, 7) is 2.61. The van der Waals surface area contributed by atoms with E-state index in [1.807, 2.05) is 54.0 Å². The normalized spacial score (nSPS) is 10.8. The quantitative estimate of drug-likeness (QED) is 0.737. The molecule has 0 amide bonds. The molecule has 0 saturated carbocycles. The van der Waals surface area contributed by atoms with Crippen LogP contribution in [-0.4, -0.2) is 23.3 Å². The lowest BCUT2D eigenvalue weighted by atomic mass is 10.2. The van der Waals surface area contributed by atoms with Crippen molar-refractivity contribution < 1.29 is 9.47 Å². The number of fused-ring (bicyclic) bond motifs is 1. The van der Waals surface area contributed by atoms with Crippen LogP contribution >= 0.6 is 12.2 Å². The lowest BCUT2D eigenvalue weighted by Crippen LogP contribution is -1.96. The molecular weight excluding hydrogens is 284 g/mol. The molecule has 5 heteroatoms. The summed E-state index contributed by atoms with van der Waals surface area (Å²) in [6.07, 6.45) is 0. The number of ether oxygens (including phenoxy) is 2. The van der Waals surface area contributed by atoms with Gasteiger partial charge in [0.05, 0.1) is 30.4 Å². The van der Waals surface area contributed by atoms with Crippen LogP contribution in [-0.2, 0) is 0 Å². The molecule has 1 aromatic heterocycles. The minimum Gasteiger partial charge on any atom is -0.497 e. The van der Waals surface area contributed by atoms with Crippen molar-refractivity contribution in [1.82, 2.24) is 9.55 Å². The van der Waals surface area contributed by atoms with Crippen LogP contribution in [0.4, 0.5) is 0 Å². The first-order valence-corrected chi connectivity index (χ1v) is 7.15. The van der Waals surface area contributed by atoms with E-state index in [1.54, 1.807) is 7.11 Å². The Morgan fingerprint density at radius 3 is 2.76 bits per heavy atom. The predicted molar refractivity (Wildman–Crippen MR) is 86.2 cm³/mol. The standard InChI is InChI=1S/C16H16N2O2S/c1-3-20-13-6-4-5-11(9-13)18-15-8-7-12(19-2)10-14(15)17-16(18)21/h4-10H,3H2,1-2H3,(H,17,21). The number of imidazole rings is 1. The van der Waals surface area contributed by atoms with E-state index in [1.165, 1.54) is 0 Å². The van der Waals surface area contributed by atoms with E-state index in [0.29, 0.717) is 11.4 Å². The number of nitrogens with zero attached hydrogens (tertiary/aromatic N) is 1. The van der Waals surface area contributed by atoms with Crippen molar-refractivity contribution in [3.63, 3.8) is 0 Å². The van der Waals surface area contributed by atoms with E-state index in [4.69, 9.17) is 21.7 Å². The lowest BCUT2D eigenvalue weighted by Gasteiger charge is -2.08. The number of hydrogen-bond acceptors (Lipinski definition) is 3. The van der Waals surface area contributed by atoms with Gasteiger partial charge >= 0.3 is 0 Å². The van der Waals surface area contributed by atoms with Crippen molar-refractivity contribution >= 4 is 23.3 Å². The van der Waals surface area contributed by atoms with Crippen molar-refractivity contribution in [3.8, 4) is 17.2 Å². The first-order chi connectivity index (χ1) is 10.2. The first kappa shape index (κ1) is 13.7. The van der Waals surface area contributed by atoms with E-state index < -0.39 is 0 Å². The molecule has 0 aliphatic rings. The predicted octanol–water partition coefficient (Wildman–Crippen LogP) is 4.10. The number of benzene rings is 2. The average Bonchev–Trinajstić information content (AvgIpc) is 2.82. The Kier molecular flexibility index (Phi) is 3.66. The van der Waals surface area contributed by atoms with Crippen LogP contribution in [0.3, 0.4) is 0 Å². The molecule has 1 N–H and O–H groups in total. The van der Waals surface area contributed by atoms with Gasteiger partial charge in [0.25, 0.3) is 0 Å². The third kappa shape index (κ3) is 2.52. The molecule has 0 aliphatic carbocycles. The summed E-state index contributed by atoms with van der Waals surface area (Å²) >= 11 is 5.45. The number of methoxy groups -OCH3 is 1. The summed E-state index contributed by atoms with van der Waals surface area (Å²) in [5.74, 6) is 1.63. The Hall–Kier alpha value is -2.27. The number of aromatic amines is 1. The highest BCUT2D eigenvalue weighted by Crippen LogP contribution is 2.25. The van der Waals surface area contributed by atoms with Gasteiger partial charge in [-0.05, 0) is 43.4 Å². The fraction of sp³-hybridized carbons (Fsp3) is 0.188. The fourth-order valence-corrected chi connectivity index (χ4v) is 2.67. The summed E-state index contributed by atoms with van der Waals surface area (Å²) in [5, 5.41) is 0. The maximum Gasteiger partial charge on any atom is 0.182 e. The van der Waals surface area contributed by atoms with E-state index in [9.17, 15) is 0 Å². The number of H-pyrrole nitrogens is 1. The summed E-state index contributed by atoms with van der Waals surface area (Å²) in [6, 6.07) is 13.8. The molecule has 21 heavy (non-hydrogen) atoms. The Bertz CT molecular complexity index is 836. The smallest absolute Gasteiger partial charge is 0.182 e. The Labute approximate surface area is 127 Å². The maximum absolute atomic E-state index is 5.56. The zero-order valence-electron chi connectivity index (χ0n) is 11.9. The van der Waals surface area contributed by atoms with Gasteiger partial charge in [-0.25, -0.2) is 0 Å². The van der Waals surface area contributed by atoms with E-state index in [0.717, 1.165) is 28.2 Å². The minimum atomic E-state index is 0.639. The van der Waals surface area contributed by atoms with Crippen LogP contribution in [0.1, 0.15) is 6.92 Å². The third-order valence-corrected chi connectivity index (χ3v) is 3.56. The summed E-state index contributed by atoms with van der Waals surface area (Å²) in [5.41, 5.74) is 2.93. The zero-order chi connectivity index (χ0) is 14.8. The molecule has 3 aromatic rings. The highest BCUT2D eigenvalue weighted by molar-refractivity contribution is 7.71. The number of hydrogen-bond donors (Lipinski definition) is 1. The summed E-state index contributed by atoms with van der Waals surface area (Å²) in [7, 11) is 1.65. The Balaban J connectivity index is 2.18. The Morgan fingerprint density at radius 1 is 1.14 bits per heavy atom. The van der Waals surface area contributed by atoms with Gasteiger partial charge in [-0.2, -0.15) is 0 Å². The molecule has 3 rings (SSSR count). The zero-order valence-corrected chi connectivity index (χ0v) is 12.7. The van der Waals surface area contributed by atoms with Gasteiger partial charge in [-0.3, -0.25) is 4.57 Å². The van der Waals surface area contributed by atoms with Crippen molar-refractivity contribution in [1.29, 1.82) is 0 Å². The molecule has 0 bridgehead atoms. The Morgan fingerprint density at radius 2 is 2.00 bits per heavy atom. The molecule has 1 heterocycles. The maximum atomic E-state index is 5.56. The average molecular weight is 300 g/mol. The van der Waals surface area contributed by atoms with Crippen LogP contribution in [0.25, 0.3) is 16.7 Å². The number of aromatic nitrogens is 2. The number of rotatable bonds is 4. The number of nitrogens with one attached hydrogen (secondary N) is 1. The van der Waals surface area contributed by atoms with E-state index >= 15 is 0 Å². The van der Waals surface area contributed by atoms with Gasteiger partial charge in [0.1, 0.15) is 11.5 Å². The molecule has 0 spiro atoms. The van der Waals surface area contributed by atoms with E-state index in [2.05, 4.69) is 4.98 Å². The SMILES string of the molecule is CCOc1cccc(-n2c(=S)[nH]c3cc(OC)ccc32)c1. The highest BCUT2D eigenvalue weighted by atomic mass is 32.1. The first-order valence-electron chi connectivity index (χ1n) is 6.75. The summed E-state index contributed by atoms with van der Waals surface area (Å²) in [4.78, 5) is 3.21.